The van der Waals surface area contributed by atoms with Gasteiger partial charge in [0, 0.05) is 11.3 Å². The van der Waals surface area contributed by atoms with Gasteiger partial charge >= 0.3 is 0 Å². The van der Waals surface area contributed by atoms with Crippen LogP contribution in [0.5, 0.6) is 0 Å². The van der Waals surface area contributed by atoms with E-state index in [2.05, 4.69) is 20.2 Å². The van der Waals surface area contributed by atoms with E-state index in [1.165, 1.54) is 0 Å². The zero-order valence-corrected chi connectivity index (χ0v) is 15.1. The zero-order chi connectivity index (χ0) is 17.8. The SMILES string of the molecule is O=C(N[C@@H]1CS(=O)(=O)C[C@H]1NS(=O)(=O)C1CC1)c1n[nH]c2c1CCC2. The van der Waals surface area contributed by atoms with E-state index in [-0.39, 0.29) is 17.2 Å². The molecule has 1 aromatic rings. The molecule has 1 amide bonds. The minimum Gasteiger partial charge on any atom is -0.345 e. The number of hydrogen-bond acceptors (Lipinski definition) is 6. The molecule has 0 aromatic carbocycles. The number of sulfonamides is 1. The highest BCUT2D eigenvalue weighted by atomic mass is 32.2. The Morgan fingerprint density at radius 1 is 1.16 bits per heavy atom. The third kappa shape index (κ3) is 3.32. The summed E-state index contributed by atoms with van der Waals surface area (Å²) in [5.74, 6) is -1.04. The molecule has 0 radical (unpaired) electrons. The first kappa shape index (κ1) is 17.0. The van der Waals surface area contributed by atoms with Crippen molar-refractivity contribution < 1.29 is 21.6 Å². The van der Waals surface area contributed by atoms with E-state index in [9.17, 15) is 21.6 Å². The van der Waals surface area contributed by atoms with E-state index in [0.29, 0.717) is 12.8 Å². The molecular formula is C14H20N4O5S2. The Morgan fingerprint density at radius 2 is 1.88 bits per heavy atom. The lowest BCUT2D eigenvalue weighted by atomic mass is 10.1. The Labute approximate surface area is 145 Å². The van der Waals surface area contributed by atoms with Crippen molar-refractivity contribution in [1.82, 2.24) is 20.2 Å². The number of sulfone groups is 1. The maximum Gasteiger partial charge on any atom is 0.272 e. The van der Waals surface area contributed by atoms with E-state index >= 15 is 0 Å². The van der Waals surface area contributed by atoms with Crippen LogP contribution in [0.4, 0.5) is 0 Å². The summed E-state index contributed by atoms with van der Waals surface area (Å²) in [7, 11) is -6.96. The minimum absolute atomic E-state index is 0.275. The number of aromatic nitrogens is 2. The van der Waals surface area contributed by atoms with Crippen LogP contribution in [0.15, 0.2) is 0 Å². The van der Waals surface area contributed by atoms with Crippen molar-refractivity contribution in [2.45, 2.75) is 49.4 Å². The second kappa shape index (κ2) is 5.78. The number of H-pyrrole nitrogens is 1. The lowest BCUT2D eigenvalue weighted by molar-refractivity contribution is 0.0931. The molecule has 138 valence electrons. The number of carbonyl (C=O) groups is 1. The smallest absolute Gasteiger partial charge is 0.272 e. The van der Waals surface area contributed by atoms with Crippen molar-refractivity contribution in [3.8, 4) is 0 Å². The monoisotopic (exact) mass is 388 g/mol. The summed E-state index contributed by atoms with van der Waals surface area (Å²) in [6.45, 7) is 0. The maximum atomic E-state index is 12.5. The van der Waals surface area contributed by atoms with Crippen LogP contribution in [-0.4, -0.2) is 61.8 Å². The number of nitrogens with one attached hydrogen (secondary N) is 3. The standard InChI is InChI=1S/C14H20N4O5S2/c19-14(13-9-2-1-3-10(9)16-17-13)15-11-6-24(20,21)7-12(11)18-25(22,23)8-4-5-8/h8,11-12,18H,1-7H2,(H,15,19)(H,16,17)/t11-,12-/m1/s1. The molecular weight excluding hydrogens is 368 g/mol. The van der Waals surface area contributed by atoms with Crippen molar-refractivity contribution >= 4 is 25.8 Å². The third-order valence-corrected chi connectivity index (χ3v) is 8.68. The minimum atomic E-state index is -3.54. The molecule has 9 nitrogen and oxygen atoms in total. The van der Waals surface area contributed by atoms with Gasteiger partial charge < -0.3 is 5.32 Å². The molecule has 3 aliphatic rings. The molecule has 1 aliphatic heterocycles. The predicted molar refractivity (Wildman–Crippen MR) is 89.4 cm³/mol. The molecule has 2 aliphatic carbocycles. The van der Waals surface area contributed by atoms with Gasteiger partial charge in [-0.3, -0.25) is 9.89 Å². The second-order valence-corrected chi connectivity index (χ2v) is 11.2. The van der Waals surface area contributed by atoms with Crippen molar-refractivity contribution in [2.24, 2.45) is 0 Å². The van der Waals surface area contributed by atoms with Crippen LogP contribution in [0.3, 0.4) is 0 Å². The van der Waals surface area contributed by atoms with E-state index in [0.717, 1.165) is 30.5 Å². The number of aromatic amines is 1. The highest BCUT2D eigenvalue weighted by Gasteiger charge is 2.44. The maximum absolute atomic E-state index is 12.5. The number of aryl methyl sites for hydroxylation is 1. The molecule has 4 rings (SSSR count). The van der Waals surface area contributed by atoms with Gasteiger partial charge in [-0.1, -0.05) is 0 Å². The molecule has 1 saturated carbocycles. The summed E-state index contributed by atoms with van der Waals surface area (Å²) < 4.78 is 50.7. The molecule has 11 heteroatoms. The highest BCUT2D eigenvalue weighted by Crippen LogP contribution is 2.29. The summed E-state index contributed by atoms with van der Waals surface area (Å²) in [5.41, 5.74) is 2.09. The molecule has 0 unspecified atom stereocenters. The summed E-state index contributed by atoms with van der Waals surface area (Å²) in [6, 6.07) is -1.63. The van der Waals surface area contributed by atoms with Crippen molar-refractivity contribution in [1.29, 1.82) is 0 Å². The molecule has 1 aromatic heterocycles. The zero-order valence-electron chi connectivity index (χ0n) is 13.5. The fraction of sp³-hybridized carbons (Fsp3) is 0.714. The largest absolute Gasteiger partial charge is 0.345 e. The fourth-order valence-corrected chi connectivity index (χ4v) is 7.12. The first-order chi connectivity index (χ1) is 11.8. The number of hydrogen-bond donors (Lipinski definition) is 3. The van der Waals surface area contributed by atoms with Gasteiger partial charge in [-0.15, -0.1) is 0 Å². The van der Waals surface area contributed by atoms with Crippen LogP contribution in [0.2, 0.25) is 0 Å². The summed E-state index contributed by atoms with van der Waals surface area (Å²) in [6.07, 6.45) is 3.73. The molecule has 3 N–H and O–H groups in total. The molecule has 2 heterocycles. The second-order valence-electron chi connectivity index (χ2n) is 7.01. The average Bonchev–Trinajstić information content (AvgIpc) is 3.05. The third-order valence-electron chi connectivity index (χ3n) is 4.97. The first-order valence-corrected chi connectivity index (χ1v) is 11.7. The van der Waals surface area contributed by atoms with Crippen LogP contribution in [0.1, 0.15) is 41.0 Å². The Hall–Kier alpha value is -1.46. The van der Waals surface area contributed by atoms with E-state index in [4.69, 9.17) is 0 Å². The lowest BCUT2D eigenvalue weighted by Gasteiger charge is -2.20. The molecule has 2 atom stereocenters. The normalized spacial score (nSPS) is 28.0. The first-order valence-electron chi connectivity index (χ1n) is 8.34. The Kier molecular flexibility index (Phi) is 3.92. The van der Waals surface area contributed by atoms with Crippen molar-refractivity contribution in [3.63, 3.8) is 0 Å². The van der Waals surface area contributed by atoms with Crippen LogP contribution in [0, 0.1) is 0 Å². The van der Waals surface area contributed by atoms with Gasteiger partial charge in [-0.2, -0.15) is 5.10 Å². The molecule has 2 fully saturated rings. The summed E-state index contributed by atoms with van der Waals surface area (Å²) >= 11 is 0. The molecule has 25 heavy (non-hydrogen) atoms. The molecule has 1 saturated heterocycles. The van der Waals surface area contributed by atoms with Gasteiger partial charge in [0.05, 0.1) is 28.8 Å². The van der Waals surface area contributed by atoms with E-state index < -0.39 is 43.1 Å². The van der Waals surface area contributed by atoms with E-state index in [1.807, 2.05) is 0 Å². The van der Waals surface area contributed by atoms with Crippen LogP contribution in [-0.2, 0) is 32.7 Å². The quantitative estimate of drug-likeness (QED) is 0.584. The van der Waals surface area contributed by atoms with Gasteiger partial charge in [0.15, 0.2) is 15.5 Å². The number of nitrogens with zero attached hydrogens (tertiary/aromatic N) is 1. The lowest BCUT2D eigenvalue weighted by Crippen LogP contribution is -2.51. The van der Waals surface area contributed by atoms with Gasteiger partial charge in [0.1, 0.15) is 0 Å². The highest BCUT2D eigenvalue weighted by molar-refractivity contribution is 7.92. The van der Waals surface area contributed by atoms with E-state index in [1.54, 1.807) is 0 Å². The number of carbonyl (C=O) groups excluding carboxylic acids is 1. The molecule has 0 bridgehead atoms. The van der Waals surface area contributed by atoms with Gasteiger partial charge in [0.2, 0.25) is 10.0 Å². The van der Waals surface area contributed by atoms with Gasteiger partial charge in [-0.25, -0.2) is 21.6 Å². The predicted octanol–water partition coefficient (Wildman–Crippen LogP) is -1.12. The van der Waals surface area contributed by atoms with Crippen LogP contribution >= 0.6 is 0 Å². The van der Waals surface area contributed by atoms with Crippen LogP contribution in [0.25, 0.3) is 0 Å². The Balaban J connectivity index is 1.51. The van der Waals surface area contributed by atoms with Crippen molar-refractivity contribution in [3.05, 3.63) is 17.0 Å². The Bertz CT molecular complexity index is 917. The fourth-order valence-electron chi connectivity index (χ4n) is 3.54. The number of rotatable bonds is 5. The topological polar surface area (TPSA) is 138 Å². The Morgan fingerprint density at radius 3 is 2.60 bits per heavy atom. The number of fused-ring (bicyclic) bond motifs is 1. The summed E-state index contributed by atoms with van der Waals surface area (Å²) in [4.78, 5) is 12.5. The van der Waals surface area contributed by atoms with Crippen molar-refractivity contribution in [2.75, 3.05) is 11.5 Å². The van der Waals surface area contributed by atoms with Gasteiger partial charge in [0.25, 0.3) is 5.91 Å². The van der Waals surface area contributed by atoms with Gasteiger partial charge in [-0.05, 0) is 32.1 Å². The number of amides is 1. The molecule has 0 spiro atoms. The van der Waals surface area contributed by atoms with Crippen LogP contribution < -0.4 is 10.0 Å². The average molecular weight is 388 g/mol. The summed E-state index contributed by atoms with van der Waals surface area (Å²) in [5, 5.41) is 9.10.